The fourth-order valence-corrected chi connectivity index (χ4v) is 5.95. The average molecular weight is 513 g/mol. The van der Waals surface area contributed by atoms with Crippen LogP contribution in [-0.2, 0) is 16.1 Å². The molecule has 0 N–H and O–H groups in total. The lowest BCUT2D eigenvalue weighted by Crippen LogP contribution is -2.32. The molecular weight excluding hydrogens is 486 g/mol. The van der Waals surface area contributed by atoms with E-state index in [0.29, 0.717) is 22.3 Å². The third-order valence-electron chi connectivity index (χ3n) is 7.38. The second-order valence-corrected chi connectivity index (χ2v) is 11.3. The summed E-state index contributed by atoms with van der Waals surface area (Å²) < 4.78 is 28.4. The van der Waals surface area contributed by atoms with Crippen LogP contribution in [-0.4, -0.2) is 56.5 Å². The molecule has 3 aromatic heterocycles. The molecule has 2 fully saturated rings. The summed E-state index contributed by atoms with van der Waals surface area (Å²) in [6.07, 6.45) is 2.84. The predicted molar refractivity (Wildman–Crippen MR) is 132 cm³/mol. The van der Waals surface area contributed by atoms with Gasteiger partial charge in [-0.25, -0.2) is 8.78 Å². The molecule has 0 saturated carbocycles. The van der Waals surface area contributed by atoms with Gasteiger partial charge in [-0.1, -0.05) is 20.8 Å². The lowest BCUT2D eigenvalue weighted by Gasteiger charge is -2.19. The van der Waals surface area contributed by atoms with Gasteiger partial charge >= 0.3 is 0 Å². The Morgan fingerprint density at radius 1 is 1.19 bits per heavy atom. The zero-order valence-corrected chi connectivity index (χ0v) is 21.3. The summed E-state index contributed by atoms with van der Waals surface area (Å²) in [5, 5.41) is 0. The quantitative estimate of drug-likeness (QED) is 0.474. The molecule has 1 atom stereocenters. The Kier molecular flexibility index (Phi) is 5.70. The average Bonchev–Trinajstić information content (AvgIpc) is 3.45. The molecular formula is C26H26F2N4O3S. The lowest BCUT2D eigenvalue weighted by molar-refractivity contribution is -0.141. The molecule has 2 aliphatic rings. The number of aromatic nitrogens is 2. The van der Waals surface area contributed by atoms with Crippen molar-refractivity contribution in [2.75, 3.05) is 13.1 Å². The van der Waals surface area contributed by atoms with Crippen LogP contribution in [0.25, 0.3) is 21.5 Å². The van der Waals surface area contributed by atoms with E-state index in [0.717, 1.165) is 9.58 Å². The maximum atomic E-state index is 13.8. The standard InChI is InChI=1S/C26H26F2N4O3S/c1-14-5-8-30-20(19(14)23(34)31-10-7-26(27,28)13-31)17-6-9-29-18-11-16(36-21(17)18)12-32-22(33)15(2)25(3,4)24(32)35/h5-6,8-9,11,15H,7,10,12-13H2,1-4H3. The van der Waals surface area contributed by atoms with Gasteiger partial charge in [0.2, 0.25) is 11.8 Å². The van der Waals surface area contributed by atoms with E-state index in [1.165, 1.54) is 21.1 Å². The largest absolute Gasteiger partial charge is 0.332 e. The third kappa shape index (κ3) is 3.87. The van der Waals surface area contributed by atoms with Gasteiger partial charge in [0, 0.05) is 41.7 Å². The highest BCUT2D eigenvalue weighted by Gasteiger charge is 2.51. The summed E-state index contributed by atoms with van der Waals surface area (Å²) in [6, 6.07) is 5.27. The Balaban J connectivity index is 1.54. The van der Waals surface area contributed by atoms with Crippen LogP contribution in [0, 0.1) is 18.3 Å². The monoisotopic (exact) mass is 512 g/mol. The van der Waals surface area contributed by atoms with Crippen molar-refractivity contribution in [1.82, 2.24) is 19.8 Å². The van der Waals surface area contributed by atoms with Crippen LogP contribution in [0.2, 0.25) is 0 Å². The molecule has 1 unspecified atom stereocenters. The van der Waals surface area contributed by atoms with Crippen LogP contribution >= 0.6 is 11.3 Å². The number of halogens is 2. The molecule has 0 radical (unpaired) electrons. The van der Waals surface area contributed by atoms with Crippen molar-refractivity contribution in [2.45, 2.75) is 46.6 Å². The molecule has 3 aromatic rings. The number of nitrogens with zero attached hydrogens (tertiary/aromatic N) is 4. The smallest absolute Gasteiger partial charge is 0.267 e. The van der Waals surface area contributed by atoms with E-state index >= 15 is 0 Å². The second-order valence-electron chi connectivity index (χ2n) is 10.1. The van der Waals surface area contributed by atoms with E-state index in [9.17, 15) is 23.2 Å². The maximum absolute atomic E-state index is 13.8. The zero-order chi connectivity index (χ0) is 26.0. The predicted octanol–water partition coefficient (Wildman–Crippen LogP) is 4.68. The van der Waals surface area contributed by atoms with Gasteiger partial charge in [0.1, 0.15) is 0 Å². The van der Waals surface area contributed by atoms with Crippen molar-refractivity contribution in [2.24, 2.45) is 11.3 Å². The van der Waals surface area contributed by atoms with Gasteiger partial charge in [0.05, 0.1) is 40.0 Å². The molecule has 0 spiro atoms. The molecule has 36 heavy (non-hydrogen) atoms. The topological polar surface area (TPSA) is 83.5 Å². The van der Waals surface area contributed by atoms with Gasteiger partial charge in [-0.3, -0.25) is 29.3 Å². The first-order valence-corrected chi connectivity index (χ1v) is 12.6. The summed E-state index contributed by atoms with van der Waals surface area (Å²) in [5.41, 5.74) is 1.88. The number of imide groups is 1. The summed E-state index contributed by atoms with van der Waals surface area (Å²) in [6.45, 7) is 6.60. The van der Waals surface area contributed by atoms with E-state index in [2.05, 4.69) is 9.97 Å². The van der Waals surface area contributed by atoms with Crippen LogP contribution in [0.5, 0.6) is 0 Å². The fraction of sp³-hybridized carbons (Fsp3) is 0.423. The highest BCUT2D eigenvalue weighted by atomic mass is 32.1. The molecule has 0 bridgehead atoms. The van der Waals surface area contributed by atoms with Crippen molar-refractivity contribution in [1.29, 1.82) is 0 Å². The molecule has 2 saturated heterocycles. The first-order valence-electron chi connectivity index (χ1n) is 11.8. The van der Waals surface area contributed by atoms with Crippen LogP contribution in [0.3, 0.4) is 0 Å². The molecule has 5 rings (SSSR count). The van der Waals surface area contributed by atoms with Crippen LogP contribution in [0.15, 0.2) is 30.6 Å². The molecule has 5 heterocycles. The number of likely N-dealkylation sites (tertiary alicyclic amines) is 2. The molecule has 0 aliphatic carbocycles. The Bertz CT molecular complexity index is 1420. The van der Waals surface area contributed by atoms with Gasteiger partial charge in [0.15, 0.2) is 0 Å². The number of fused-ring (bicyclic) bond motifs is 1. The minimum absolute atomic E-state index is 0.0127. The van der Waals surface area contributed by atoms with E-state index in [1.54, 1.807) is 52.2 Å². The second kappa shape index (κ2) is 8.40. The van der Waals surface area contributed by atoms with Crippen LogP contribution in [0.4, 0.5) is 8.78 Å². The Hall–Kier alpha value is -3.27. The van der Waals surface area contributed by atoms with Gasteiger partial charge in [0.25, 0.3) is 11.8 Å². The Morgan fingerprint density at radius 2 is 1.92 bits per heavy atom. The fourth-order valence-electron chi connectivity index (χ4n) is 4.83. The third-order valence-corrected chi connectivity index (χ3v) is 8.52. The van der Waals surface area contributed by atoms with Gasteiger partial charge in [-0.05, 0) is 30.7 Å². The van der Waals surface area contributed by atoms with Crippen molar-refractivity contribution >= 4 is 39.3 Å². The number of carbonyl (C=O) groups excluding carboxylic acids is 3. The van der Waals surface area contributed by atoms with Crippen LogP contribution < -0.4 is 0 Å². The number of hydrogen-bond acceptors (Lipinski definition) is 6. The first kappa shape index (κ1) is 24.4. The molecule has 2 aliphatic heterocycles. The van der Waals surface area contributed by atoms with Crippen molar-refractivity contribution in [3.05, 3.63) is 46.6 Å². The van der Waals surface area contributed by atoms with E-state index in [-0.39, 0.29) is 36.9 Å². The Morgan fingerprint density at radius 3 is 2.56 bits per heavy atom. The number of rotatable bonds is 4. The minimum Gasteiger partial charge on any atom is -0.332 e. The number of hydrogen-bond donors (Lipinski definition) is 0. The normalized spacial score (nSPS) is 21.1. The zero-order valence-electron chi connectivity index (χ0n) is 20.5. The van der Waals surface area contributed by atoms with E-state index in [4.69, 9.17) is 0 Å². The van der Waals surface area contributed by atoms with Gasteiger partial charge in [-0.2, -0.15) is 0 Å². The molecule has 10 heteroatoms. The summed E-state index contributed by atoms with van der Waals surface area (Å²) >= 11 is 1.38. The number of thiophene rings is 1. The molecule has 188 valence electrons. The Labute approximate surface area is 211 Å². The maximum Gasteiger partial charge on any atom is 0.267 e. The SMILES string of the molecule is Cc1ccnc(-c2ccnc3cc(CN4C(=O)C(C)C(C)(C)C4=O)sc23)c1C(=O)N1CCC(F)(F)C1. The van der Waals surface area contributed by atoms with Gasteiger partial charge < -0.3 is 4.90 Å². The summed E-state index contributed by atoms with van der Waals surface area (Å²) in [7, 11) is 0. The van der Waals surface area contributed by atoms with E-state index in [1.807, 2.05) is 6.07 Å². The number of carbonyl (C=O) groups is 3. The molecule has 3 amide bonds. The van der Waals surface area contributed by atoms with Crippen molar-refractivity contribution in [3.63, 3.8) is 0 Å². The molecule has 7 nitrogen and oxygen atoms in total. The summed E-state index contributed by atoms with van der Waals surface area (Å²) in [5.74, 6) is -4.18. The van der Waals surface area contributed by atoms with E-state index < -0.39 is 29.7 Å². The van der Waals surface area contributed by atoms with Crippen LogP contribution in [0.1, 0.15) is 48.0 Å². The van der Waals surface area contributed by atoms with Gasteiger partial charge in [-0.15, -0.1) is 11.3 Å². The molecule has 0 aromatic carbocycles. The number of amides is 3. The highest BCUT2D eigenvalue weighted by molar-refractivity contribution is 7.19. The number of pyridine rings is 2. The number of aryl methyl sites for hydroxylation is 1. The lowest BCUT2D eigenvalue weighted by atomic mass is 9.82. The number of alkyl halides is 2. The first-order chi connectivity index (χ1) is 16.9. The summed E-state index contributed by atoms with van der Waals surface area (Å²) in [4.78, 5) is 51.1. The van der Waals surface area contributed by atoms with Crippen molar-refractivity contribution in [3.8, 4) is 11.3 Å². The minimum atomic E-state index is -2.89. The highest BCUT2D eigenvalue weighted by Crippen LogP contribution is 2.40. The van der Waals surface area contributed by atoms with Crippen molar-refractivity contribution < 1.29 is 23.2 Å².